The first-order valence-corrected chi connectivity index (χ1v) is 7.41. The van der Waals surface area contributed by atoms with Crippen molar-refractivity contribution in [3.8, 4) is 0 Å². The van der Waals surface area contributed by atoms with E-state index in [4.69, 9.17) is 5.84 Å². The molecule has 1 aromatic heterocycles. The Morgan fingerprint density at radius 1 is 1.58 bits per heavy atom. The van der Waals surface area contributed by atoms with E-state index < -0.39 is 11.7 Å². The van der Waals surface area contributed by atoms with Gasteiger partial charge in [0.2, 0.25) is 0 Å². The summed E-state index contributed by atoms with van der Waals surface area (Å²) in [6.45, 7) is 0. The molecule has 1 heterocycles. The predicted molar refractivity (Wildman–Crippen MR) is 74.4 cm³/mol. The standard InChI is InChI=1S/C12H17FN4OS/c1-19-9-4-2-3-8(9)16-12(18)7-5-6-15-11(17-14)10(7)13/h5-6,8-9H,2-4,14H2,1H3,(H,15,17)(H,16,18). The van der Waals surface area contributed by atoms with Gasteiger partial charge < -0.3 is 10.7 Å². The number of thioether (sulfide) groups is 1. The van der Waals surface area contributed by atoms with Crippen LogP contribution in [0.1, 0.15) is 29.6 Å². The van der Waals surface area contributed by atoms with Crippen LogP contribution in [0.2, 0.25) is 0 Å². The van der Waals surface area contributed by atoms with Gasteiger partial charge in [0.25, 0.3) is 5.91 Å². The van der Waals surface area contributed by atoms with Gasteiger partial charge in [0.1, 0.15) is 0 Å². The van der Waals surface area contributed by atoms with E-state index in [0.29, 0.717) is 5.25 Å². The highest BCUT2D eigenvalue weighted by Crippen LogP contribution is 2.28. The number of pyridine rings is 1. The lowest BCUT2D eigenvalue weighted by molar-refractivity contribution is 0.0934. The highest BCUT2D eigenvalue weighted by atomic mass is 32.2. The van der Waals surface area contributed by atoms with Gasteiger partial charge in [-0.25, -0.2) is 15.2 Å². The minimum atomic E-state index is -0.721. The number of carbonyl (C=O) groups is 1. The number of anilines is 1. The molecule has 0 saturated heterocycles. The molecule has 5 nitrogen and oxygen atoms in total. The van der Waals surface area contributed by atoms with Crippen molar-refractivity contribution in [3.05, 3.63) is 23.6 Å². The van der Waals surface area contributed by atoms with Gasteiger partial charge in [0, 0.05) is 17.5 Å². The molecule has 0 aromatic carbocycles. The average Bonchev–Trinajstić information content (AvgIpc) is 2.86. The van der Waals surface area contributed by atoms with Gasteiger partial charge in [-0.3, -0.25) is 4.79 Å². The van der Waals surface area contributed by atoms with Crippen LogP contribution in [0.25, 0.3) is 0 Å². The third-order valence-electron chi connectivity index (χ3n) is 3.34. The van der Waals surface area contributed by atoms with Crippen molar-refractivity contribution in [1.29, 1.82) is 0 Å². The molecule has 1 aliphatic rings. The molecule has 1 aromatic rings. The Labute approximate surface area is 115 Å². The maximum absolute atomic E-state index is 13.9. The van der Waals surface area contributed by atoms with Crippen molar-refractivity contribution in [3.63, 3.8) is 0 Å². The molecule has 0 aliphatic heterocycles. The van der Waals surface area contributed by atoms with Crippen molar-refractivity contribution < 1.29 is 9.18 Å². The summed E-state index contributed by atoms with van der Waals surface area (Å²) >= 11 is 1.74. The van der Waals surface area contributed by atoms with Crippen LogP contribution in [0.15, 0.2) is 12.3 Å². The quantitative estimate of drug-likeness (QED) is 0.577. The second kappa shape index (κ2) is 6.21. The first-order valence-electron chi connectivity index (χ1n) is 6.12. The zero-order valence-corrected chi connectivity index (χ0v) is 11.5. The number of aromatic nitrogens is 1. The van der Waals surface area contributed by atoms with Gasteiger partial charge in [0.15, 0.2) is 11.6 Å². The normalized spacial score (nSPS) is 22.3. The molecule has 4 N–H and O–H groups in total. The first-order chi connectivity index (χ1) is 9.17. The van der Waals surface area contributed by atoms with Crippen molar-refractivity contribution in [2.45, 2.75) is 30.6 Å². The summed E-state index contributed by atoms with van der Waals surface area (Å²) in [5.74, 6) is 3.88. The number of hydrogen-bond acceptors (Lipinski definition) is 5. The van der Waals surface area contributed by atoms with Crippen molar-refractivity contribution >= 4 is 23.5 Å². The minimum Gasteiger partial charge on any atom is -0.348 e. The maximum Gasteiger partial charge on any atom is 0.254 e. The van der Waals surface area contributed by atoms with E-state index in [1.165, 1.54) is 12.3 Å². The Morgan fingerprint density at radius 3 is 3.05 bits per heavy atom. The van der Waals surface area contributed by atoms with E-state index in [1.54, 1.807) is 11.8 Å². The van der Waals surface area contributed by atoms with E-state index in [1.807, 2.05) is 6.26 Å². The van der Waals surface area contributed by atoms with Crippen LogP contribution in [0.4, 0.5) is 10.2 Å². The lowest BCUT2D eigenvalue weighted by Gasteiger charge is -2.19. The number of rotatable bonds is 4. The summed E-state index contributed by atoms with van der Waals surface area (Å²) in [5.41, 5.74) is 2.10. The SMILES string of the molecule is CSC1CCCC1NC(=O)c1ccnc(NN)c1F. The fraction of sp³-hybridized carbons (Fsp3) is 0.500. The van der Waals surface area contributed by atoms with E-state index in [0.717, 1.165) is 19.3 Å². The third kappa shape index (κ3) is 2.98. The molecule has 2 atom stereocenters. The maximum atomic E-state index is 13.9. The highest BCUT2D eigenvalue weighted by Gasteiger charge is 2.29. The molecule has 7 heteroatoms. The number of nitrogens with two attached hydrogens (primary N) is 1. The summed E-state index contributed by atoms with van der Waals surface area (Å²) < 4.78 is 13.9. The van der Waals surface area contributed by atoms with Crippen molar-refractivity contribution in [2.24, 2.45) is 5.84 Å². The molecule has 1 fully saturated rings. The summed E-state index contributed by atoms with van der Waals surface area (Å²) in [4.78, 5) is 15.8. The summed E-state index contributed by atoms with van der Waals surface area (Å²) in [6.07, 6.45) is 6.49. The van der Waals surface area contributed by atoms with Crippen LogP contribution in [0.5, 0.6) is 0 Å². The molecule has 0 spiro atoms. The minimum absolute atomic E-state index is 0.0327. The molecule has 1 aliphatic carbocycles. The number of nitrogens with zero attached hydrogens (tertiary/aromatic N) is 1. The number of nitrogens with one attached hydrogen (secondary N) is 2. The Bertz CT molecular complexity index is 471. The topological polar surface area (TPSA) is 80.0 Å². The number of nitrogen functional groups attached to an aromatic ring is 1. The number of amides is 1. The molecule has 1 amide bonds. The van der Waals surface area contributed by atoms with Crippen LogP contribution < -0.4 is 16.6 Å². The molecular formula is C12H17FN4OS. The summed E-state index contributed by atoms with van der Waals surface area (Å²) in [6, 6.07) is 1.46. The van der Waals surface area contributed by atoms with Gasteiger partial charge in [-0.05, 0) is 25.2 Å². The Kier molecular flexibility index (Phi) is 4.60. The molecule has 0 bridgehead atoms. The van der Waals surface area contributed by atoms with Crippen LogP contribution in [-0.4, -0.2) is 28.4 Å². The summed E-state index contributed by atoms with van der Waals surface area (Å²) in [7, 11) is 0. The number of halogens is 1. The predicted octanol–water partition coefficient (Wildman–Crippen LogP) is 1.52. The average molecular weight is 284 g/mol. The van der Waals surface area contributed by atoms with Crippen molar-refractivity contribution in [2.75, 3.05) is 11.7 Å². The second-order valence-electron chi connectivity index (χ2n) is 4.45. The highest BCUT2D eigenvalue weighted by molar-refractivity contribution is 7.99. The first kappa shape index (κ1) is 14.1. The largest absolute Gasteiger partial charge is 0.348 e. The zero-order chi connectivity index (χ0) is 13.8. The smallest absolute Gasteiger partial charge is 0.254 e. The van der Waals surface area contributed by atoms with Gasteiger partial charge in [0.05, 0.1) is 5.56 Å². The molecule has 2 unspecified atom stereocenters. The van der Waals surface area contributed by atoms with E-state index in [9.17, 15) is 9.18 Å². The van der Waals surface area contributed by atoms with Crippen molar-refractivity contribution in [1.82, 2.24) is 10.3 Å². The third-order valence-corrected chi connectivity index (χ3v) is 4.51. The number of hydrazine groups is 1. The van der Waals surface area contributed by atoms with Crippen LogP contribution >= 0.6 is 11.8 Å². The Morgan fingerprint density at radius 2 is 2.37 bits per heavy atom. The molecule has 0 radical (unpaired) electrons. The van der Waals surface area contributed by atoms with E-state index >= 15 is 0 Å². The van der Waals surface area contributed by atoms with Gasteiger partial charge in [-0.15, -0.1) is 0 Å². The number of carbonyl (C=O) groups excluding carboxylic acids is 1. The molecule has 2 rings (SSSR count). The van der Waals surface area contributed by atoms with Gasteiger partial charge in [-0.2, -0.15) is 11.8 Å². The lowest BCUT2D eigenvalue weighted by atomic mass is 10.2. The zero-order valence-electron chi connectivity index (χ0n) is 10.6. The lowest BCUT2D eigenvalue weighted by Crippen LogP contribution is -2.39. The monoisotopic (exact) mass is 284 g/mol. The number of hydrogen-bond donors (Lipinski definition) is 3. The molecular weight excluding hydrogens is 267 g/mol. The van der Waals surface area contributed by atoms with Gasteiger partial charge >= 0.3 is 0 Å². The Balaban J connectivity index is 2.12. The summed E-state index contributed by atoms with van der Waals surface area (Å²) in [5, 5.41) is 3.30. The molecule has 1 saturated carbocycles. The molecule has 19 heavy (non-hydrogen) atoms. The fourth-order valence-corrected chi connectivity index (χ4v) is 3.27. The Hall–Kier alpha value is -1.34. The van der Waals surface area contributed by atoms with Crippen LogP contribution in [-0.2, 0) is 0 Å². The van der Waals surface area contributed by atoms with Crippen LogP contribution in [0, 0.1) is 5.82 Å². The van der Waals surface area contributed by atoms with Crippen LogP contribution in [0.3, 0.4) is 0 Å². The molecule has 104 valence electrons. The van der Waals surface area contributed by atoms with E-state index in [-0.39, 0.29) is 17.4 Å². The van der Waals surface area contributed by atoms with E-state index in [2.05, 4.69) is 15.7 Å². The van der Waals surface area contributed by atoms with Gasteiger partial charge in [-0.1, -0.05) is 6.42 Å². The fourth-order valence-electron chi connectivity index (χ4n) is 2.34. The second-order valence-corrected chi connectivity index (χ2v) is 5.53.